The van der Waals surface area contributed by atoms with Crippen LogP contribution in [-0.4, -0.2) is 26.8 Å². The highest BCUT2D eigenvalue weighted by atomic mass is 16.5. The first-order valence-electron chi connectivity index (χ1n) is 7.69. The van der Waals surface area contributed by atoms with Crippen molar-refractivity contribution in [3.8, 4) is 0 Å². The summed E-state index contributed by atoms with van der Waals surface area (Å²) in [5, 5.41) is 0. The van der Waals surface area contributed by atoms with Gasteiger partial charge in [-0.1, -0.05) is 12.2 Å². The average Bonchev–Trinajstić information content (AvgIpc) is 2.99. The van der Waals surface area contributed by atoms with Crippen LogP contribution >= 0.6 is 0 Å². The van der Waals surface area contributed by atoms with Gasteiger partial charge in [0.1, 0.15) is 17.1 Å². The molecule has 0 saturated heterocycles. The predicted octanol–water partition coefficient (Wildman–Crippen LogP) is 0.280. The number of aromatic nitrogens is 3. The maximum Gasteiger partial charge on any atom is 0.341 e. The molecule has 0 N–H and O–H groups in total. The number of carbonyl (C=O) groups excluding carboxylic acids is 1. The molecule has 0 amide bonds. The zero-order valence-corrected chi connectivity index (χ0v) is 14.6. The third-order valence-electron chi connectivity index (χ3n) is 3.70. The molecule has 0 unspecified atom stereocenters. The smallest absolute Gasteiger partial charge is 0.341 e. The Balaban J connectivity index is 2.63. The number of hydrogen-bond acceptors (Lipinski definition) is 6. The number of allylic oxidation sites excluding steroid dienone is 2. The lowest BCUT2D eigenvalue weighted by molar-refractivity contribution is 0.0599. The summed E-state index contributed by atoms with van der Waals surface area (Å²) in [7, 11) is 1.23. The lowest BCUT2D eigenvalue weighted by Gasteiger charge is -2.11. The van der Waals surface area contributed by atoms with Crippen molar-refractivity contribution in [1.29, 1.82) is 0 Å². The van der Waals surface area contributed by atoms with Gasteiger partial charge >= 0.3 is 23.0 Å². The molecule has 138 valence electrons. The summed E-state index contributed by atoms with van der Waals surface area (Å²) in [4.78, 5) is 49.1. The molecule has 0 fully saturated rings. The third-order valence-corrected chi connectivity index (χ3v) is 3.70. The number of aryl methyl sites for hydroxylation is 1. The number of carbonyl (C=O) groups is 1. The Morgan fingerprint density at radius 3 is 2.04 bits per heavy atom. The van der Waals surface area contributed by atoms with E-state index in [0.29, 0.717) is 5.76 Å². The van der Waals surface area contributed by atoms with E-state index < -0.39 is 23.0 Å². The molecule has 0 bridgehead atoms. The molecule has 0 radical (unpaired) electrons. The highest BCUT2D eigenvalue weighted by Gasteiger charge is 2.19. The van der Waals surface area contributed by atoms with Crippen LogP contribution in [-0.2, 0) is 24.4 Å². The molecular formula is C17H19N3O6. The van der Waals surface area contributed by atoms with Gasteiger partial charge in [0.25, 0.3) is 0 Å². The maximum absolute atomic E-state index is 12.5. The fourth-order valence-corrected chi connectivity index (χ4v) is 2.48. The van der Waals surface area contributed by atoms with E-state index in [1.807, 2.05) is 0 Å². The van der Waals surface area contributed by atoms with Crippen molar-refractivity contribution in [3.63, 3.8) is 0 Å². The molecule has 0 spiro atoms. The molecule has 9 heteroatoms. The molecule has 9 nitrogen and oxygen atoms in total. The minimum Gasteiger partial charge on any atom is -0.465 e. The number of furan rings is 1. The normalized spacial score (nSPS) is 10.5. The van der Waals surface area contributed by atoms with Crippen molar-refractivity contribution >= 4 is 5.97 Å². The first-order valence-corrected chi connectivity index (χ1v) is 7.69. The van der Waals surface area contributed by atoms with Crippen LogP contribution in [0.5, 0.6) is 0 Å². The van der Waals surface area contributed by atoms with E-state index in [1.54, 1.807) is 6.92 Å². The summed E-state index contributed by atoms with van der Waals surface area (Å²) >= 11 is 0. The average molecular weight is 361 g/mol. The summed E-state index contributed by atoms with van der Waals surface area (Å²) in [6.45, 7) is 8.22. The summed E-state index contributed by atoms with van der Waals surface area (Å²) < 4.78 is 12.7. The maximum atomic E-state index is 12.5. The van der Waals surface area contributed by atoms with Gasteiger partial charge in [0.15, 0.2) is 0 Å². The molecule has 0 aliphatic heterocycles. The standard InChI is InChI=1S/C17H19N3O6/c1-5-7-18-15(22)19(8-6-2)17(24)20(16(18)23)10-12-9-13(11(3)26-12)14(21)25-4/h5-6,9H,1-2,7-8,10H2,3-4H3. The summed E-state index contributed by atoms with van der Waals surface area (Å²) in [6.07, 6.45) is 2.75. The van der Waals surface area contributed by atoms with Crippen molar-refractivity contribution in [2.45, 2.75) is 26.6 Å². The van der Waals surface area contributed by atoms with Crippen LogP contribution in [0, 0.1) is 6.92 Å². The van der Waals surface area contributed by atoms with Gasteiger partial charge in [-0.05, 0) is 13.0 Å². The van der Waals surface area contributed by atoms with Gasteiger partial charge in [-0.3, -0.25) is 0 Å². The molecule has 0 atom stereocenters. The zero-order chi connectivity index (χ0) is 19.4. The van der Waals surface area contributed by atoms with Crippen LogP contribution in [0.1, 0.15) is 21.9 Å². The Hall–Kier alpha value is -3.36. The number of ether oxygens (including phenoxy) is 1. The molecular weight excluding hydrogens is 342 g/mol. The lowest BCUT2D eigenvalue weighted by atomic mass is 10.2. The van der Waals surface area contributed by atoms with Gasteiger partial charge in [0, 0.05) is 0 Å². The zero-order valence-electron chi connectivity index (χ0n) is 14.6. The Morgan fingerprint density at radius 1 is 1.08 bits per heavy atom. The number of esters is 1. The fraction of sp³-hybridized carbons (Fsp3) is 0.294. The highest BCUT2D eigenvalue weighted by molar-refractivity contribution is 5.90. The van der Waals surface area contributed by atoms with E-state index in [4.69, 9.17) is 4.42 Å². The van der Waals surface area contributed by atoms with Crippen molar-refractivity contribution in [3.05, 3.63) is 79.9 Å². The van der Waals surface area contributed by atoms with E-state index in [2.05, 4.69) is 17.9 Å². The van der Waals surface area contributed by atoms with Crippen LogP contribution in [0.2, 0.25) is 0 Å². The summed E-state index contributed by atoms with van der Waals surface area (Å²) in [5.41, 5.74) is -2.15. The fourth-order valence-electron chi connectivity index (χ4n) is 2.48. The molecule has 26 heavy (non-hydrogen) atoms. The second-order valence-corrected chi connectivity index (χ2v) is 5.41. The van der Waals surface area contributed by atoms with Crippen molar-refractivity contribution < 1.29 is 13.9 Å². The van der Waals surface area contributed by atoms with Crippen LogP contribution in [0.4, 0.5) is 0 Å². The van der Waals surface area contributed by atoms with E-state index in [1.165, 1.54) is 25.3 Å². The minimum atomic E-state index is -0.797. The van der Waals surface area contributed by atoms with Gasteiger partial charge < -0.3 is 9.15 Å². The summed E-state index contributed by atoms with van der Waals surface area (Å²) in [6, 6.07) is 1.40. The molecule has 0 saturated carbocycles. The van der Waals surface area contributed by atoms with Crippen molar-refractivity contribution in [1.82, 2.24) is 13.7 Å². The highest BCUT2D eigenvalue weighted by Crippen LogP contribution is 2.15. The van der Waals surface area contributed by atoms with Gasteiger partial charge in [-0.25, -0.2) is 32.9 Å². The third kappa shape index (κ3) is 3.37. The summed E-state index contributed by atoms with van der Waals surface area (Å²) in [5.74, 6) is -0.0904. The lowest BCUT2D eigenvalue weighted by Crippen LogP contribution is -2.54. The predicted molar refractivity (Wildman–Crippen MR) is 93.5 cm³/mol. The Labute approximate surface area is 148 Å². The van der Waals surface area contributed by atoms with Gasteiger partial charge in [-0.15, -0.1) is 13.2 Å². The second-order valence-electron chi connectivity index (χ2n) is 5.41. The van der Waals surface area contributed by atoms with Gasteiger partial charge in [0.2, 0.25) is 0 Å². The van der Waals surface area contributed by atoms with Gasteiger partial charge in [-0.2, -0.15) is 0 Å². The van der Waals surface area contributed by atoms with Crippen LogP contribution in [0.15, 0.2) is 50.2 Å². The Kier molecular flexibility index (Phi) is 5.61. The van der Waals surface area contributed by atoms with Gasteiger partial charge in [0.05, 0.1) is 26.7 Å². The van der Waals surface area contributed by atoms with Crippen molar-refractivity contribution in [2.75, 3.05) is 7.11 Å². The number of methoxy groups -OCH3 is 1. The Bertz CT molecular complexity index is 986. The molecule has 0 aliphatic rings. The second kappa shape index (κ2) is 7.68. The number of nitrogens with zero attached hydrogens (tertiary/aromatic N) is 3. The van der Waals surface area contributed by atoms with E-state index in [0.717, 1.165) is 13.7 Å². The largest absolute Gasteiger partial charge is 0.465 e. The molecule has 2 aromatic heterocycles. The van der Waals surface area contributed by atoms with E-state index in [-0.39, 0.29) is 31.0 Å². The van der Waals surface area contributed by atoms with Crippen LogP contribution < -0.4 is 17.1 Å². The van der Waals surface area contributed by atoms with Crippen LogP contribution in [0.25, 0.3) is 0 Å². The molecule has 0 aromatic carbocycles. The molecule has 2 rings (SSSR count). The number of rotatable bonds is 7. The molecule has 2 heterocycles. The topological polar surface area (TPSA) is 105 Å². The van der Waals surface area contributed by atoms with E-state index >= 15 is 0 Å². The Morgan fingerprint density at radius 2 is 1.58 bits per heavy atom. The monoisotopic (exact) mass is 361 g/mol. The first kappa shape index (κ1) is 19.0. The minimum absolute atomic E-state index is 0.0559. The van der Waals surface area contributed by atoms with Crippen LogP contribution in [0.3, 0.4) is 0 Å². The van der Waals surface area contributed by atoms with E-state index in [9.17, 15) is 19.2 Å². The molecule has 2 aromatic rings. The molecule has 0 aliphatic carbocycles. The SMILES string of the molecule is C=CCn1c(=O)n(CC=C)c(=O)n(Cc2cc(C(=O)OC)c(C)o2)c1=O. The van der Waals surface area contributed by atoms with Crippen molar-refractivity contribution in [2.24, 2.45) is 0 Å². The first-order chi connectivity index (χ1) is 12.3. The number of hydrogen-bond donors (Lipinski definition) is 0. The quantitative estimate of drug-likeness (QED) is 0.518.